The summed E-state index contributed by atoms with van der Waals surface area (Å²) in [5.41, 5.74) is 0. The SMILES string of the molecule is CCOC(C(=O)C1CCCC1)C(C)C. The van der Waals surface area contributed by atoms with Crippen LogP contribution in [-0.2, 0) is 9.53 Å². The average molecular weight is 198 g/mol. The van der Waals surface area contributed by atoms with E-state index in [1.807, 2.05) is 6.92 Å². The van der Waals surface area contributed by atoms with E-state index in [9.17, 15) is 4.79 Å². The third-order valence-electron chi connectivity index (χ3n) is 2.99. The highest BCUT2D eigenvalue weighted by molar-refractivity contribution is 5.85. The number of ether oxygens (including phenoxy) is 1. The number of ketones is 1. The number of hydrogen-bond donors (Lipinski definition) is 0. The molecular formula is C12H22O2. The highest BCUT2D eigenvalue weighted by atomic mass is 16.5. The average Bonchev–Trinajstić information content (AvgIpc) is 2.65. The van der Waals surface area contributed by atoms with Crippen molar-refractivity contribution in [2.45, 2.75) is 52.6 Å². The zero-order valence-electron chi connectivity index (χ0n) is 9.58. The molecule has 14 heavy (non-hydrogen) atoms. The molecule has 1 unspecified atom stereocenters. The summed E-state index contributed by atoms with van der Waals surface area (Å²) < 4.78 is 5.53. The molecule has 0 aromatic carbocycles. The smallest absolute Gasteiger partial charge is 0.164 e. The monoisotopic (exact) mass is 198 g/mol. The Bertz CT molecular complexity index is 181. The zero-order chi connectivity index (χ0) is 10.6. The van der Waals surface area contributed by atoms with E-state index in [0.29, 0.717) is 18.3 Å². The summed E-state index contributed by atoms with van der Waals surface area (Å²) in [6.45, 7) is 6.72. The van der Waals surface area contributed by atoms with Crippen LogP contribution in [-0.4, -0.2) is 18.5 Å². The molecule has 2 heteroatoms. The van der Waals surface area contributed by atoms with Gasteiger partial charge in [-0.25, -0.2) is 0 Å². The molecule has 1 atom stereocenters. The van der Waals surface area contributed by atoms with E-state index in [-0.39, 0.29) is 12.0 Å². The van der Waals surface area contributed by atoms with Gasteiger partial charge in [-0.3, -0.25) is 4.79 Å². The van der Waals surface area contributed by atoms with Gasteiger partial charge < -0.3 is 4.74 Å². The van der Waals surface area contributed by atoms with Crippen LogP contribution in [0.25, 0.3) is 0 Å². The molecule has 0 saturated heterocycles. The number of carbonyl (C=O) groups excluding carboxylic acids is 1. The second kappa shape index (κ2) is 5.50. The molecule has 0 N–H and O–H groups in total. The van der Waals surface area contributed by atoms with Crippen molar-refractivity contribution in [3.63, 3.8) is 0 Å². The third-order valence-corrected chi connectivity index (χ3v) is 2.99. The molecule has 0 heterocycles. The Kier molecular flexibility index (Phi) is 4.59. The predicted octanol–water partition coefficient (Wildman–Crippen LogP) is 2.81. The quantitative estimate of drug-likeness (QED) is 0.679. The molecule has 1 aliphatic carbocycles. The predicted molar refractivity (Wildman–Crippen MR) is 57.2 cm³/mol. The van der Waals surface area contributed by atoms with Gasteiger partial charge in [0.15, 0.2) is 5.78 Å². The molecule has 0 amide bonds. The van der Waals surface area contributed by atoms with Crippen molar-refractivity contribution >= 4 is 5.78 Å². The fourth-order valence-corrected chi connectivity index (χ4v) is 2.23. The molecular weight excluding hydrogens is 176 g/mol. The minimum absolute atomic E-state index is 0.164. The van der Waals surface area contributed by atoms with Crippen LogP contribution < -0.4 is 0 Å². The van der Waals surface area contributed by atoms with Gasteiger partial charge in [-0.1, -0.05) is 26.7 Å². The first-order valence-electron chi connectivity index (χ1n) is 5.82. The Morgan fingerprint density at radius 3 is 2.36 bits per heavy atom. The summed E-state index contributed by atoms with van der Waals surface area (Å²) in [7, 11) is 0. The van der Waals surface area contributed by atoms with Crippen LogP contribution in [0.2, 0.25) is 0 Å². The fourth-order valence-electron chi connectivity index (χ4n) is 2.23. The van der Waals surface area contributed by atoms with E-state index in [0.717, 1.165) is 12.8 Å². The van der Waals surface area contributed by atoms with E-state index < -0.39 is 0 Å². The van der Waals surface area contributed by atoms with E-state index in [1.165, 1.54) is 12.8 Å². The lowest BCUT2D eigenvalue weighted by Crippen LogP contribution is -2.34. The third kappa shape index (κ3) is 2.81. The summed E-state index contributed by atoms with van der Waals surface area (Å²) in [4.78, 5) is 12.1. The van der Waals surface area contributed by atoms with Gasteiger partial charge in [0.05, 0.1) is 0 Å². The number of rotatable bonds is 5. The Morgan fingerprint density at radius 2 is 1.93 bits per heavy atom. The molecule has 0 spiro atoms. The van der Waals surface area contributed by atoms with Crippen LogP contribution in [0.5, 0.6) is 0 Å². The number of carbonyl (C=O) groups is 1. The molecule has 2 nitrogen and oxygen atoms in total. The lowest BCUT2D eigenvalue weighted by atomic mass is 9.92. The first-order valence-corrected chi connectivity index (χ1v) is 5.82. The molecule has 0 bridgehead atoms. The summed E-state index contributed by atoms with van der Waals surface area (Å²) in [6, 6.07) is 0. The molecule has 0 aromatic heterocycles. The summed E-state index contributed by atoms with van der Waals surface area (Å²) in [5, 5.41) is 0. The van der Waals surface area contributed by atoms with Crippen molar-refractivity contribution < 1.29 is 9.53 Å². The van der Waals surface area contributed by atoms with Crippen molar-refractivity contribution in [3.05, 3.63) is 0 Å². The first-order chi connectivity index (χ1) is 6.66. The van der Waals surface area contributed by atoms with E-state index >= 15 is 0 Å². The fraction of sp³-hybridized carbons (Fsp3) is 0.917. The molecule has 1 saturated carbocycles. The summed E-state index contributed by atoms with van der Waals surface area (Å²) in [5.74, 6) is 0.941. The van der Waals surface area contributed by atoms with Crippen molar-refractivity contribution in [3.8, 4) is 0 Å². The lowest BCUT2D eigenvalue weighted by Gasteiger charge is -2.22. The van der Waals surface area contributed by atoms with Gasteiger partial charge in [0.25, 0.3) is 0 Å². The van der Waals surface area contributed by atoms with Crippen LogP contribution in [0.3, 0.4) is 0 Å². The molecule has 0 aromatic rings. The van der Waals surface area contributed by atoms with Gasteiger partial charge in [0, 0.05) is 12.5 Å². The molecule has 1 rings (SSSR count). The Morgan fingerprint density at radius 1 is 1.36 bits per heavy atom. The van der Waals surface area contributed by atoms with Gasteiger partial charge in [0.1, 0.15) is 6.10 Å². The summed E-state index contributed by atoms with van der Waals surface area (Å²) in [6.07, 6.45) is 4.42. The van der Waals surface area contributed by atoms with E-state index in [4.69, 9.17) is 4.74 Å². The van der Waals surface area contributed by atoms with Crippen molar-refractivity contribution in [1.82, 2.24) is 0 Å². The van der Waals surface area contributed by atoms with Crippen molar-refractivity contribution in [2.75, 3.05) is 6.61 Å². The van der Waals surface area contributed by atoms with E-state index in [1.54, 1.807) is 0 Å². The minimum atomic E-state index is -0.164. The second-order valence-corrected chi connectivity index (χ2v) is 4.50. The zero-order valence-corrected chi connectivity index (χ0v) is 9.58. The van der Waals surface area contributed by atoms with Gasteiger partial charge in [-0.05, 0) is 25.7 Å². The maximum absolute atomic E-state index is 12.1. The standard InChI is InChI=1S/C12H22O2/c1-4-14-12(9(2)3)11(13)10-7-5-6-8-10/h9-10,12H,4-8H2,1-3H3. The Hall–Kier alpha value is -0.370. The molecule has 0 radical (unpaired) electrons. The van der Waals surface area contributed by atoms with Crippen LogP contribution in [0.1, 0.15) is 46.5 Å². The van der Waals surface area contributed by atoms with Gasteiger partial charge >= 0.3 is 0 Å². The largest absolute Gasteiger partial charge is 0.370 e. The highest BCUT2D eigenvalue weighted by Gasteiger charge is 2.31. The molecule has 82 valence electrons. The topological polar surface area (TPSA) is 26.3 Å². The summed E-state index contributed by atoms with van der Waals surface area (Å²) >= 11 is 0. The van der Waals surface area contributed by atoms with Crippen molar-refractivity contribution in [1.29, 1.82) is 0 Å². The van der Waals surface area contributed by atoms with Crippen LogP contribution >= 0.6 is 0 Å². The maximum Gasteiger partial charge on any atom is 0.164 e. The lowest BCUT2D eigenvalue weighted by molar-refractivity contribution is -0.137. The number of Topliss-reactive ketones (excluding diaryl/α,β-unsaturated/α-hetero) is 1. The molecule has 1 fully saturated rings. The van der Waals surface area contributed by atoms with Crippen LogP contribution in [0.15, 0.2) is 0 Å². The van der Waals surface area contributed by atoms with Crippen molar-refractivity contribution in [2.24, 2.45) is 11.8 Å². The highest BCUT2D eigenvalue weighted by Crippen LogP contribution is 2.28. The maximum atomic E-state index is 12.1. The van der Waals surface area contributed by atoms with Gasteiger partial charge in [0.2, 0.25) is 0 Å². The van der Waals surface area contributed by atoms with Crippen LogP contribution in [0.4, 0.5) is 0 Å². The Balaban J connectivity index is 2.53. The van der Waals surface area contributed by atoms with Crippen LogP contribution in [0, 0.1) is 11.8 Å². The van der Waals surface area contributed by atoms with Gasteiger partial charge in [-0.15, -0.1) is 0 Å². The van der Waals surface area contributed by atoms with E-state index in [2.05, 4.69) is 13.8 Å². The van der Waals surface area contributed by atoms with Gasteiger partial charge in [-0.2, -0.15) is 0 Å². The second-order valence-electron chi connectivity index (χ2n) is 4.50. The minimum Gasteiger partial charge on any atom is -0.370 e. The normalized spacial score (nSPS) is 20.3. The first kappa shape index (κ1) is 11.7. The Labute approximate surface area is 87.0 Å². The molecule has 1 aliphatic rings. The molecule has 0 aliphatic heterocycles. The number of hydrogen-bond acceptors (Lipinski definition) is 2.